The first-order valence-electron chi connectivity index (χ1n) is 8.83. The molecule has 25 heavy (non-hydrogen) atoms. The number of benzene rings is 2. The Labute approximate surface area is 157 Å². The molecule has 0 unspecified atom stereocenters. The zero-order valence-corrected chi connectivity index (χ0v) is 15.9. The molecule has 0 spiro atoms. The predicted octanol–water partition coefficient (Wildman–Crippen LogP) is 2.96. The molecule has 4 heteroatoms. The Hall–Kier alpha value is -1.91. The summed E-state index contributed by atoms with van der Waals surface area (Å²) >= 11 is 3.49. The lowest BCUT2D eigenvalue weighted by Gasteiger charge is -2.15. The number of amides is 1. The highest BCUT2D eigenvalue weighted by molar-refractivity contribution is 9.10. The number of hydrogen-bond acceptors (Lipinski definition) is 1. The highest BCUT2D eigenvalue weighted by Crippen LogP contribution is 2.17. The molecule has 2 N–H and O–H groups in total. The number of likely N-dealkylation sites (tertiary alicyclic amines) is 1. The summed E-state index contributed by atoms with van der Waals surface area (Å²) < 4.78 is 0.984. The highest BCUT2D eigenvalue weighted by Gasteiger charge is 2.17. The summed E-state index contributed by atoms with van der Waals surface area (Å²) in [7, 11) is 0. The van der Waals surface area contributed by atoms with Crippen LogP contribution in [-0.2, 0) is 17.9 Å². The molecule has 130 valence electrons. The van der Waals surface area contributed by atoms with E-state index in [1.165, 1.54) is 37.1 Å². The molecular formula is C21H24BrN2O+. The van der Waals surface area contributed by atoms with Gasteiger partial charge in [-0.1, -0.05) is 58.4 Å². The van der Waals surface area contributed by atoms with Gasteiger partial charge in [0.15, 0.2) is 0 Å². The zero-order chi connectivity index (χ0) is 17.5. The third-order valence-corrected chi connectivity index (χ3v) is 5.36. The van der Waals surface area contributed by atoms with Crippen molar-refractivity contribution in [1.29, 1.82) is 0 Å². The molecule has 1 aliphatic heterocycles. The van der Waals surface area contributed by atoms with Gasteiger partial charge in [0, 0.05) is 35.5 Å². The molecule has 3 rings (SSSR count). The molecule has 0 aromatic heterocycles. The summed E-state index contributed by atoms with van der Waals surface area (Å²) in [6.07, 6.45) is 6.08. The second kappa shape index (κ2) is 8.97. The van der Waals surface area contributed by atoms with E-state index >= 15 is 0 Å². The van der Waals surface area contributed by atoms with Crippen LogP contribution in [0.5, 0.6) is 0 Å². The van der Waals surface area contributed by atoms with Gasteiger partial charge in [-0.3, -0.25) is 4.79 Å². The fraction of sp³-hybridized carbons (Fsp3) is 0.286. The second-order valence-corrected chi connectivity index (χ2v) is 7.33. The molecule has 0 bridgehead atoms. The van der Waals surface area contributed by atoms with Gasteiger partial charge in [0.05, 0.1) is 13.1 Å². The van der Waals surface area contributed by atoms with Crippen molar-refractivity contribution in [1.82, 2.24) is 5.32 Å². The van der Waals surface area contributed by atoms with Gasteiger partial charge in [-0.15, -0.1) is 0 Å². The highest BCUT2D eigenvalue weighted by atomic mass is 79.9. The SMILES string of the molecule is O=C(/C=C/c1ccccc1Br)NCc1ccccc1C[NH+]1CCCC1. The van der Waals surface area contributed by atoms with E-state index in [-0.39, 0.29) is 5.91 Å². The minimum absolute atomic E-state index is 0.0703. The van der Waals surface area contributed by atoms with Gasteiger partial charge < -0.3 is 10.2 Å². The third-order valence-electron chi connectivity index (χ3n) is 4.64. The summed E-state index contributed by atoms with van der Waals surface area (Å²) in [5, 5.41) is 3.00. The maximum Gasteiger partial charge on any atom is 0.244 e. The van der Waals surface area contributed by atoms with Crippen LogP contribution in [0, 0.1) is 0 Å². The third kappa shape index (κ3) is 5.28. The van der Waals surface area contributed by atoms with Crippen LogP contribution >= 0.6 is 15.9 Å². The molecule has 1 amide bonds. The van der Waals surface area contributed by atoms with Gasteiger partial charge in [-0.25, -0.2) is 0 Å². The molecular weight excluding hydrogens is 376 g/mol. The van der Waals surface area contributed by atoms with E-state index in [1.54, 1.807) is 11.0 Å². The van der Waals surface area contributed by atoms with E-state index in [0.29, 0.717) is 6.54 Å². The fourth-order valence-corrected chi connectivity index (χ4v) is 3.66. The molecule has 2 aromatic rings. The molecule has 1 aliphatic rings. The molecule has 0 saturated carbocycles. The molecule has 1 saturated heterocycles. The topological polar surface area (TPSA) is 33.5 Å². The average molecular weight is 400 g/mol. The average Bonchev–Trinajstić information content (AvgIpc) is 3.13. The minimum atomic E-state index is -0.0703. The monoisotopic (exact) mass is 399 g/mol. The Morgan fingerprint density at radius 3 is 2.48 bits per heavy atom. The number of quaternary nitrogens is 1. The van der Waals surface area contributed by atoms with Crippen LogP contribution in [0.3, 0.4) is 0 Å². The lowest BCUT2D eigenvalue weighted by molar-refractivity contribution is -0.901. The standard InChI is InChI=1S/C21H23BrN2O/c22-20-10-4-3-7-17(20)11-12-21(25)23-15-18-8-1-2-9-19(18)16-24-13-5-6-14-24/h1-4,7-12H,5-6,13-16H2,(H,23,25)/p+1/b12-11+. The van der Waals surface area contributed by atoms with Crippen LogP contribution in [-0.4, -0.2) is 19.0 Å². The largest absolute Gasteiger partial charge is 0.348 e. The minimum Gasteiger partial charge on any atom is -0.348 e. The van der Waals surface area contributed by atoms with Gasteiger partial charge in [0.2, 0.25) is 5.91 Å². The molecule has 0 atom stereocenters. The van der Waals surface area contributed by atoms with Gasteiger partial charge in [0.25, 0.3) is 0 Å². The fourth-order valence-electron chi connectivity index (χ4n) is 3.24. The van der Waals surface area contributed by atoms with E-state index in [4.69, 9.17) is 0 Å². The summed E-state index contributed by atoms with van der Waals surface area (Å²) in [5.74, 6) is -0.0703. The number of carbonyl (C=O) groups is 1. The predicted molar refractivity (Wildman–Crippen MR) is 105 cm³/mol. The molecule has 1 fully saturated rings. The van der Waals surface area contributed by atoms with Crippen molar-refractivity contribution in [3.63, 3.8) is 0 Å². The van der Waals surface area contributed by atoms with Crippen molar-refractivity contribution in [2.24, 2.45) is 0 Å². The number of rotatable bonds is 6. The lowest BCUT2D eigenvalue weighted by Crippen LogP contribution is -3.08. The van der Waals surface area contributed by atoms with Crippen LogP contribution in [0.25, 0.3) is 6.08 Å². The first-order valence-corrected chi connectivity index (χ1v) is 9.62. The number of nitrogens with one attached hydrogen (secondary N) is 2. The second-order valence-electron chi connectivity index (χ2n) is 6.48. The van der Waals surface area contributed by atoms with Crippen molar-refractivity contribution >= 4 is 27.9 Å². The number of hydrogen-bond donors (Lipinski definition) is 2. The van der Waals surface area contributed by atoms with Crippen molar-refractivity contribution in [2.75, 3.05) is 13.1 Å². The van der Waals surface area contributed by atoms with E-state index in [9.17, 15) is 4.79 Å². The van der Waals surface area contributed by atoms with Crippen LogP contribution in [0.2, 0.25) is 0 Å². The lowest BCUT2D eigenvalue weighted by atomic mass is 10.1. The summed E-state index contributed by atoms with van der Waals surface area (Å²) in [6, 6.07) is 16.3. The maximum absolute atomic E-state index is 12.1. The number of carbonyl (C=O) groups excluding carboxylic acids is 1. The maximum atomic E-state index is 12.1. The molecule has 2 aromatic carbocycles. The van der Waals surface area contributed by atoms with Gasteiger partial charge >= 0.3 is 0 Å². The van der Waals surface area contributed by atoms with Crippen LogP contribution in [0.4, 0.5) is 0 Å². The Kier molecular flexibility index (Phi) is 6.42. The summed E-state index contributed by atoms with van der Waals surface area (Å²) in [5.41, 5.74) is 3.55. The van der Waals surface area contributed by atoms with Crippen LogP contribution in [0.15, 0.2) is 59.1 Å². The van der Waals surface area contributed by atoms with Crippen LogP contribution in [0.1, 0.15) is 29.5 Å². The normalized spacial score (nSPS) is 14.9. The molecule has 1 heterocycles. The smallest absolute Gasteiger partial charge is 0.244 e. The van der Waals surface area contributed by atoms with E-state index in [2.05, 4.69) is 39.4 Å². The summed E-state index contributed by atoms with van der Waals surface area (Å²) in [4.78, 5) is 13.8. The number of halogens is 1. The molecule has 0 radical (unpaired) electrons. The Bertz CT molecular complexity index is 751. The Morgan fingerprint density at radius 1 is 1.04 bits per heavy atom. The Morgan fingerprint density at radius 2 is 1.72 bits per heavy atom. The molecule has 0 aliphatic carbocycles. The van der Waals surface area contributed by atoms with Gasteiger partial charge in [-0.05, 0) is 23.3 Å². The van der Waals surface area contributed by atoms with Crippen molar-refractivity contribution < 1.29 is 9.69 Å². The van der Waals surface area contributed by atoms with Crippen LogP contribution < -0.4 is 10.2 Å². The first kappa shape index (κ1) is 17.9. The van der Waals surface area contributed by atoms with Gasteiger partial charge in [-0.2, -0.15) is 0 Å². The zero-order valence-electron chi connectivity index (χ0n) is 14.3. The van der Waals surface area contributed by atoms with Crippen molar-refractivity contribution in [2.45, 2.75) is 25.9 Å². The van der Waals surface area contributed by atoms with E-state index in [1.807, 2.05) is 36.4 Å². The van der Waals surface area contributed by atoms with Crippen molar-refractivity contribution in [3.05, 3.63) is 75.8 Å². The first-order chi connectivity index (χ1) is 12.2. The molecule has 3 nitrogen and oxygen atoms in total. The van der Waals surface area contributed by atoms with E-state index < -0.39 is 0 Å². The van der Waals surface area contributed by atoms with E-state index in [0.717, 1.165) is 16.6 Å². The Balaban J connectivity index is 1.57. The summed E-state index contributed by atoms with van der Waals surface area (Å²) in [6.45, 7) is 4.15. The quantitative estimate of drug-likeness (QED) is 0.719. The van der Waals surface area contributed by atoms with Crippen molar-refractivity contribution in [3.8, 4) is 0 Å². The van der Waals surface area contributed by atoms with Gasteiger partial charge in [0.1, 0.15) is 6.54 Å².